The van der Waals surface area contributed by atoms with Crippen molar-refractivity contribution >= 4 is 28.6 Å². The molecule has 1 aliphatic carbocycles. The van der Waals surface area contributed by atoms with E-state index >= 15 is 0 Å². The van der Waals surface area contributed by atoms with Crippen molar-refractivity contribution in [1.29, 1.82) is 0 Å². The summed E-state index contributed by atoms with van der Waals surface area (Å²) in [4.78, 5) is 17.9. The van der Waals surface area contributed by atoms with Crippen LogP contribution in [-0.4, -0.2) is 16.1 Å². The van der Waals surface area contributed by atoms with Gasteiger partial charge in [0.2, 0.25) is 0 Å². The molecular weight excluding hydrogens is 230 g/mol. The number of hydrogen-bond donors (Lipinski definition) is 1. The third kappa shape index (κ3) is 1.31. The third-order valence-electron chi connectivity index (χ3n) is 2.49. The van der Waals surface area contributed by atoms with E-state index in [-0.39, 0.29) is 0 Å². The predicted molar refractivity (Wildman–Crippen MR) is 59.8 cm³/mol. The van der Waals surface area contributed by atoms with E-state index in [1.165, 1.54) is 16.2 Å². The first-order chi connectivity index (χ1) is 7.25. The molecule has 2 aromatic rings. The average molecular weight is 237 g/mol. The zero-order valence-electron chi connectivity index (χ0n) is 7.69. The Balaban J connectivity index is 2.20. The molecule has 0 aromatic carbocycles. The lowest BCUT2D eigenvalue weighted by molar-refractivity contribution is 0.0702. The summed E-state index contributed by atoms with van der Waals surface area (Å²) in [7, 11) is 0. The number of rotatable bonds is 1. The maximum Gasteiger partial charge on any atom is 0.345 e. The first kappa shape index (κ1) is 9.06. The number of carboxylic acids is 1. The van der Waals surface area contributed by atoms with Gasteiger partial charge in [0.1, 0.15) is 4.88 Å². The van der Waals surface area contributed by atoms with E-state index in [0.717, 1.165) is 29.0 Å². The minimum atomic E-state index is -0.833. The molecule has 5 heteroatoms. The molecule has 15 heavy (non-hydrogen) atoms. The summed E-state index contributed by atoms with van der Waals surface area (Å²) in [6, 6.07) is 1.78. The summed E-state index contributed by atoms with van der Waals surface area (Å²) in [5.74, 6) is -0.833. The van der Waals surface area contributed by atoms with Crippen LogP contribution in [0.15, 0.2) is 11.6 Å². The van der Waals surface area contributed by atoms with Gasteiger partial charge in [-0.25, -0.2) is 9.78 Å². The number of aromatic nitrogens is 1. The summed E-state index contributed by atoms with van der Waals surface area (Å²) in [6.07, 6.45) is 1.86. The zero-order chi connectivity index (χ0) is 10.4. The van der Waals surface area contributed by atoms with Gasteiger partial charge in [0, 0.05) is 10.4 Å². The molecule has 0 saturated carbocycles. The van der Waals surface area contributed by atoms with Crippen LogP contribution in [0, 0.1) is 0 Å². The van der Waals surface area contributed by atoms with E-state index in [0.29, 0.717) is 4.88 Å². The molecule has 0 atom stereocenters. The predicted octanol–water partition coefficient (Wildman–Crippen LogP) is 2.67. The molecule has 0 spiro atoms. The third-order valence-corrected chi connectivity index (χ3v) is 4.58. The fourth-order valence-electron chi connectivity index (χ4n) is 1.81. The molecule has 0 unspecified atom stereocenters. The summed E-state index contributed by atoms with van der Waals surface area (Å²) >= 11 is 2.99. The molecule has 76 valence electrons. The summed E-state index contributed by atoms with van der Waals surface area (Å²) in [6.45, 7) is 0. The molecule has 0 fully saturated rings. The molecule has 2 aromatic heterocycles. The van der Waals surface area contributed by atoms with Crippen molar-refractivity contribution in [3.05, 3.63) is 27.0 Å². The van der Waals surface area contributed by atoms with Gasteiger partial charge in [0.25, 0.3) is 0 Å². The number of carboxylic acid groups (broad SMARTS) is 1. The topological polar surface area (TPSA) is 50.2 Å². The second-order valence-corrected chi connectivity index (χ2v) is 5.37. The van der Waals surface area contributed by atoms with Crippen molar-refractivity contribution in [1.82, 2.24) is 4.98 Å². The molecule has 1 N–H and O–H groups in total. The van der Waals surface area contributed by atoms with Crippen molar-refractivity contribution in [2.75, 3.05) is 0 Å². The highest BCUT2D eigenvalue weighted by Gasteiger charge is 2.22. The van der Waals surface area contributed by atoms with E-state index < -0.39 is 5.97 Å². The molecule has 3 nitrogen and oxygen atoms in total. The van der Waals surface area contributed by atoms with E-state index in [2.05, 4.69) is 4.98 Å². The summed E-state index contributed by atoms with van der Waals surface area (Å²) in [5.41, 5.74) is 4.03. The van der Waals surface area contributed by atoms with Crippen molar-refractivity contribution in [2.24, 2.45) is 0 Å². The highest BCUT2D eigenvalue weighted by Crippen LogP contribution is 2.40. The minimum Gasteiger partial charge on any atom is -0.477 e. The molecule has 0 aliphatic heterocycles. The smallest absolute Gasteiger partial charge is 0.345 e. The van der Waals surface area contributed by atoms with Gasteiger partial charge in [-0.05, 0) is 18.9 Å². The van der Waals surface area contributed by atoms with Gasteiger partial charge in [0.05, 0.1) is 16.1 Å². The van der Waals surface area contributed by atoms with Gasteiger partial charge in [0.15, 0.2) is 0 Å². The van der Waals surface area contributed by atoms with Gasteiger partial charge < -0.3 is 5.11 Å². The molecule has 0 amide bonds. The van der Waals surface area contributed by atoms with Crippen LogP contribution in [0.2, 0.25) is 0 Å². The van der Waals surface area contributed by atoms with Crippen LogP contribution in [0.25, 0.3) is 10.4 Å². The van der Waals surface area contributed by atoms with Gasteiger partial charge in [-0.2, -0.15) is 0 Å². The Hall–Kier alpha value is -1.20. The molecule has 0 bridgehead atoms. The van der Waals surface area contributed by atoms with Gasteiger partial charge in [-0.3, -0.25) is 0 Å². The van der Waals surface area contributed by atoms with Crippen LogP contribution in [0.5, 0.6) is 0 Å². The minimum absolute atomic E-state index is 0.432. The zero-order valence-corrected chi connectivity index (χ0v) is 9.32. The Bertz CT molecular complexity index is 541. The second kappa shape index (κ2) is 3.15. The van der Waals surface area contributed by atoms with E-state index in [9.17, 15) is 4.79 Å². The maximum atomic E-state index is 10.9. The molecule has 3 rings (SSSR count). The molecule has 0 radical (unpaired) electrons. The largest absolute Gasteiger partial charge is 0.477 e. The van der Waals surface area contributed by atoms with Gasteiger partial charge in [-0.1, -0.05) is 0 Å². The molecular formula is C10H7NO2S2. The maximum absolute atomic E-state index is 10.9. The van der Waals surface area contributed by atoms with E-state index in [4.69, 9.17) is 5.11 Å². The Labute approximate surface area is 94.0 Å². The Kier molecular flexibility index (Phi) is 1.90. The van der Waals surface area contributed by atoms with Crippen molar-refractivity contribution in [2.45, 2.75) is 12.8 Å². The number of carbonyl (C=O) groups is 1. The first-order valence-electron chi connectivity index (χ1n) is 4.54. The Morgan fingerprint density at radius 2 is 2.33 bits per heavy atom. The molecule has 0 saturated heterocycles. The number of nitrogens with zero attached hydrogens (tertiary/aromatic N) is 1. The van der Waals surface area contributed by atoms with Crippen LogP contribution in [-0.2, 0) is 12.8 Å². The van der Waals surface area contributed by atoms with E-state index in [1.807, 2.05) is 5.51 Å². The van der Waals surface area contributed by atoms with Gasteiger partial charge in [-0.15, -0.1) is 22.7 Å². The van der Waals surface area contributed by atoms with E-state index in [1.54, 1.807) is 17.4 Å². The number of aryl methyl sites for hydroxylation is 2. The SMILES string of the molecule is O=C(O)c1cc2c(s1)CCc1ncsc1-2. The van der Waals surface area contributed by atoms with Crippen molar-refractivity contribution in [3.8, 4) is 10.4 Å². The fourth-order valence-corrected chi connectivity index (χ4v) is 3.76. The fraction of sp³-hybridized carbons (Fsp3) is 0.200. The summed E-state index contributed by atoms with van der Waals surface area (Å²) < 4.78 is 0. The summed E-state index contributed by atoms with van der Waals surface area (Å²) in [5, 5.41) is 8.93. The highest BCUT2D eigenvalue weighted by atomic mass is 32.1. The lowest BCUT2D eigenvalue weighted by atomic mass is 10.0. The van der Waals surface area contributed by atoms with Crippen molar-refractivity contribution < 1.29 is 9.90 Å². The number of fused-ring (bicyclic) bond motifs is 3. The Morgan fingerprint density at radius 3 is 3.13 bits per heavy atom. The first-order valence-corrected chi connectivity index (χ1v) is 6.24. The van der Waals surface area contributed by atoms with Crippen LogP contribution < -0.4 is 0 Å². The lowest BCUT2D eigenvalue weighted by Gasteiger charge is -2.09. The molecule has 2 heterocycles. The number of hydrogen-bond acceptors (Lipinski definition) is 4. The monoisotopic (exact) mass is 237 g/mol. The van der Waals surface area contributed by atoms with Gasteiger partial charge >= 0.3 is 5.97 Å². The van der Waals surface area contributed by atoms with Crippen LogP contribution in [0.4, 0.5) is 0 Å². The van der Waals surface area contributed by atoms with Crippen molar-refractivity contribution in [3.63, 3.8) is 0 Å². The Morgan fingerprint density at radius 1 is 1.47 bits per heavy atom. The highest BCUT2D eigenvalue weighted by molar-refractivity contribution is 7.16. The number of aromatic carboxylic acids is 1. The normalized spacial score (nSPS) is 13.3. The van der Waals surface area contributed by atoms with Crippen LogP contribution >= 0.6 is 22.7 Å². The lowest BCUT2D eigenvalue weighted by Crippen LogP contribution is -1.98. The molecule has 1 aliphatic rings. The number of thiophene rings is 1. The van der Waals surface area contributed by atoms with Crippen LogP contribution in [0.1, 0.15) is 20.2 Å². The quantitative estimate of drug-likeness (QED) is 0.829. The van der Waals surface area contributed by atoms with Crippen LogP contribution in [0.3, 0.4) is 0 Å². The average Bonchev–Trinajstić information content (AvgIpc) is 2.82. The number of thiazole rings is 1. The standard InChI is InChI=1S/C10H7NO2S2/c12-10(13)8-3-5-7(15-8)2-1-6-9(5)14-4-11-6/h3-4H,1-2H2,(H,12,13). The second-order valence-electron chi connectivity index (χ2n) is 3.38.